The molecule has 1 aromatic carbocycles. The molecule has 0 aliphatic heterocycles. The predicted octanol–water partition coefficient (Wildman–Crippen LogP) is 4.80. The molecule has 3 atom stereocenters. The molecule has 5 aliphatic carbocycles. The number of carbonyl (C=O) groups is 3. The molecule has 8 nitrogen and oxygen atoms in total. The van der Waals surface area contributed by atoms with Gasteiger partial charge < -0.3 is 20.1 Å². The van der Waals surface area contributed by atoms with Gasteiger partial charge in [0.25, 0.3) is 0 Å². The highest BCUT2D eigenvalue weighted by molar-refractivity contribution is 5.89. The van der Waals surface area contributed by atoms with Crippen molar-refractivity contribution < 1.29 is 23.9 Å². The summed E-state index contributed by atoms with van der Waals surface area (Å²) in [5.41, 5.74) is 0.834. The van der Waals surface area contributed by atoms with Gasteiger partial charge in [-0.2, -0.15) is 5.26 Å². The zero-order chi connectivity index (χ0) is 26.0. The van der Waals surface area contributed by atoms with Crippen molar-refractivity contribution >= 4 is 18.0 Å². The molecule has 0 radical (unpaired) electrons. The van der Waals surface area contributed by atoms with E-state index in [1.54, 1.807) is 31.2 Å². The number of rotatable bonds is 7. The van der Waals surface area contributed by atoms with Crippen molar-refractivity contribution in [2.45, 2.75) is 88.8 Å². The molecule has 1 unspecified atom stereocenters. The Bertz CT molecular complexity index is 1030. The first-order chi connectivity index (χ1) is 17.9. The number of ether oxygens (including phenoxy) is 2. The van der Waals surface area contributed by atoms with E-state index in [9.17, 15) is 19.6 Å². The Morgan fingerprint density at radius 1 is 1.03 bits per heavy atom. The van der Waals surface area contributed by atoms with E-state index in [1.807, 2.05) is 6.07 Å². The molecule has 2 N–H and O–H groups in total. The molecule has 0 aromatic heterocycles. The Kier molecular flexibility index (Phi) is 7.41. The van der Waals surface area contributed by atoms with Crippen molar-refractivity contribution in [1.29, 1.82) is 5.26 Å². The quantitative estimate of drug-likeness (QED) is 0.512. The number of hydrogen-bond donors (Lipinski definition) is 2. The van der Waals surface area contributed by atoms with Gasteiger partial charge in [-0.3, -0.25) is 4.79 Å². The van der Waals surface area contributed by atoms with Crippen LogP contribution in [0.5, 0.6) is 0 Å². The van der Waals surface area contributed by atoms with Crippen molar-refractivity contribution in [2.24, 2.45) is 23.7 Å². The number of nitriles is 1. The van der Waals surface area contributed by atoms with Gasteiger partial charge in [0.05, 0.1) is 18.1 Å². The molecule has 0 spiro atoms. The van der Waals surface area contributed by atoms with Crippen LogP contribution in [0.3, 0.4) is 0 Å². The van der Waals surface area contributed by atoms with Crippen molar-refractivity contribution in [1.82, 2.24) is 10.6 Å². The Balaban J connectivity index is 1.13. The number of carbonyl (C=O) groups excluding carboxylic acids is 3. The van der Waals surface area contributed by atoms with Gasteiger partial charge in [-0.05, 0) is 94.6 Å². The van der Waals surface area contributed by atoms with Crippen LogP contribution in [0.15, 0.2) is 24.3 Å². The number of esters is 2. The summed E-state index contributed by atoms with van der Waals surface area (Å²) in [6.45, 7) is 2.01. The SMILES string of the molecule is CCOC(=O)c1ccc(C(C#N)OC(=O)[C@H]2CCC[C@H](NC(=O)NC34CC5CC(CC(C5)C3)C4)C2)cc1. The summed E-state index contributed by atoms with van der Waals surface area (Å²) in [4.78, 5) is 37.8. The Hall–Kier alpha value is -3.08. The summed E-state index contributed by atoms with van der Waals surface area (Å²) in [5.74, 6) is 1.05. The third-order valence-corrected chi connectivity index (χ3v) is 8.84. The minimum atomic E-state index is -1.06. The largest absolute Gasteiger partial charge is 0.462 e. The lowest BCUT2D eigenvalue weighted by Gasteiger charge is -2.56. The number of nitrogens with one attached hydrogen (secondary N) is 2. The molecule has 4 bridgehead atoms. The van der Waals surface area contributed by atoms with E-state index in [1.165, 1.54) is 19.3 Å². The molecule has 8 heteroatoms. The molecule has 37 heavy (non-hydrogen) atoms. The number of nitrogens with zero attached hydrogens (tertiary/aromatic N) is 1. The van der Waals surface area contributed by atoms with Crippen molar-refractivity contribution in [2.75, 3.05) is 6.61 Å². The second-order valence-electron chi connectivity index (χ2n) is 11.6. The lowest BCUT2D eigenvalue weighted by Crippen LogP contribution is -2.62. The molecular formula is C29H37N3O5. The van der Waals surface area contributed by atoms with Gasteiger partial charge in [0.15, 0.2) is 0 Å². The molecule has 198 valence electrons. The number of urea groups is 1. The third-order valence-electron chi connectivity index (χ3n) is 8.84. The first-order valence-corrected chi connectivity index (χ1v) is 13.8. The maximum Gasteiger partial charge on any atom is 0.338 e. The van der Waals surface area contributed by atoms with E-state index in [0.29, 0.717) is 24.0 Å². The fourth-order valence-electron chi connectivity index (χ4n) is 7.65. The fourth-order valence-corrected chi connectivity index (χ4v) is 7.65. The van der Waals surface area contributed by atoms with Crippen molar-refractivity contribution in [3.05, 3.63) is 35.4 Å². The van der Waals surface area contributed by atoms with Crippen LogP contribution in [0.25, 0.3) is 0 Å². The molecule has 5 fully saturated rings. The topological polar surface area (TPSA) is 118 Å². The minimum absolute atomic E-state index is 0.0469. The Labute approximate surface area is 218 Å². The first-order valence-electron chi connectivity index (χ1n) is 13.8. The lowest BCUT2D eigenvalue weighted by atomic mass is 9.53. The molecule has 0 saturated heterocycles. The summed E-state index contributed by atoms with van der Waals surface area (Å²) < 4.78 is 10.6. The molecule has 5 aliphatic rings. The van der Waals surface area contributed by atoms with E-state index in [4.69, 9.17) is 9.47 Å². The Morgan fingerprint density at radius 3 is 2.27 bits per heavy atom. The highest BCUT2D eigenvalue weighted by atomic mass is 16.5. The second kappa shape index (κ2) is 10.7. The van der Waals surface area contributed by atoms with Crippen LogP contribution in [0, 0.1) is 35.0 Å². The molecule has 1 aromatic rings. The van der Waals surface area contributed by atoms with E-state index in [-0.39, 0.29) is 30.1 Å². The summed E-state index contributed by atoms with van der Waals surface area (Å²) >= 11 is 0. The van der Waals surface area contributed by atoms with Crippen molar-refractivity contribution in [3.63, 3.8) is 0 Å². The van der Waals surface area contributed by atoms with Gasteiger partial charge in [-0.1, -0.05) is 18.6 Å². The fraction of sp³-hybridized carbons (Fsp3) is 0.655. The highest BCUT2D eigenvalue weighted by Crippen LogP contribution is 2.55. The van der Waals surface area contributed by atoms with Crippen LogP contribution in [0.4, 0.5) is 4.79 Å². The maximum absolute atomic E-state index is 13.0. The number of hydrogen-bond acceptors (Lipinski definition) is 6. The minimum Gasteiger partial charge on any atom is -0.462 e. The van der Waals surface area contributed by atoms with Gasteiger partial charge in [-0.25, -0.2) is 9.59 Å². The molecule has 0 heterocycles. The first kappa shape index (κ1) is 25.6. The molecular weight excluding hydrogens is 470 g/mol. The van der Waals surface area contributed by atoms with E-state index in [2.05, 4.69) is 10.6 Å². The lowest BCUT2D eigenvalue weighted by molar-refractivity contribution is -0.153. The predicted molar refractivity (Wildman–Crippen MR) is 135 cm³/mol. The second-order valence-corrected chi connectivity index (χ2v) is 11.6. The van der Waals surface area contributed by atoms with Crippen LogP contribution in [0.2, 0.25) is 0 Å². The number of benzene rings is 1. The van der Waals surface area contributed by atoms with Crippen LogP contribution in [-0.2, 0) is 14.3 Å². The number of amides is 2. The van der Waals surface area contributed by atoms with Crippen LogP contribution in [-0.4, -0.2) is 36.2 Å². The van der Waals surface area contributed by atoms with E-state index < -0.39 is 18.0 Å². The van der Waals surface area contributed by atoms with Crippen LogP contribution in [0.1, 0.15) is 93.2 Å². The highest BCUT2D eigenvalue weighted by Gasteiger charge is 2.51. The average molecular weight is 508 g/mol. The summed E-state index contributed by atoms with van der Waals surface area (Å²) in [5, 5.41) is 16.1. The van der Waals surface area contributed by atoms with Crippen molar-refractivity contribution in [3.8, 4) is 6.07 Å². The monoisotopic (exact) mass is 507 g/mol. The standard InChI is InChI=1S/C29H37N3O5/c1-2-36-26(33)22-8-6-21(7-9-22)25(17-30)37-27(34)23-4-3-5-24(13-23)31-28(35)32-29-14-18-10-19(15-29)12-20(11-18)16-29/h6-9,18-20,23-25H,2-5,10-16H2,1H3,(H2,31,32,35)/t18?,19?,20?,23-,24-,25?,29?/m0/s1. The molecule has 2 amide bonds. The zero-order valence-corrected chi connectivity index (χ0v) is 21.5. The van der Waals surface area contributed by atoms with Gasteiger partial charge >= 0.3 is 18.0 Å². The maximum atomic E-state index is 13.0. The third kappa shape index (κ3) is 5.76. The van der Waals surface area contributed by atoms with Gasteiger partial charge in [0.2, 0.25) is 6.10 Å². The van der Waals surface area contributed by atoms with Crippen LogP contribution >= 0.6 is 0 Å². The van der Waals surface area contributed by atoms with Gasteiger partial charge in [-0.15, -0.1) is 0 Å². The summed E-state index contributed by atoms with van der Waals surface area (Å²) in [6.07, 6.45) is 9.05. The summed E-state index contributed by atoms with van der Waals surface area (Å²) in [6, 6.07) is 8.17. The smallest absolute Gasteiger partial charge is 0.338 e. The van der Waals surface area contributed by atoms with E-state index >= 15 is 0 Å². The van der Waals surface area contributed by atoms with Gasteiger partial charge in [0.1, 0.15) is 6.07 Å². The molecule has 5 saturated carbocycles. The zero-order valence-electron chi connectivity index (χ0n) is 21.5. The van der Waals surface area contributed by atoms with E-state index in [0.717, 1.165) is 49.9 Å². The molecule has 6 rings (SSSR count). The van der Waals surface area contributed by atoms with Crippen LogP contribution < -0.4 is 10.6 Å². The Morgan fingerprint density at radius 2 is 1.68 bits per heavy atom. The average Bonchev–Trinajstić information content (AvgIpc) is 2.86. The van der Waals surface area contributed by atoms with Gasteiger partial charge in [0, 0.05) is 17.1 Å². The summed E-state index contributed by atoms with van der Waals surface area (Å²) in [7, 11) is 0. The normalized spacial score (nSPS) is 32.6.